The van der Waals surface area contributed by atoms with E-state index < -0.39 is 0 Å². The molecule has 0 bridgehead atoms. The minimum Gasteiger partial charge on any atom is -0.207 e. The molecule has 0 unspecified atom stereocenters. The molecule has 1 radical (unpaired) electrons. The Bertz CT molecular complexity index is 256. The van der Waals surface area contributed by atoms with Crippen molar-refractivity contribution >= 4 is 0 Å². The van der Waals surface area contributed by atoms with E-state index in [9.17, 15) is 8.78 Å². The van der Waals surface area contributed by atoms with Gasteiger partial charge in [-0.1, -0.05) is 6.92 Å². The maximum Gasteiger partial charge on any atom is 0.126 e. The molecule has 0 fully saturated rings. The lowest BCUT2D eigenvalue weighted by Crippen LogP contribution is -1.91. The zero-order valence-corrected chi connectivity index (χ0v) is 6.98. The summed E-state index contributed by atoms with van der Waals surface area (Å²) in [5, 5.41) is 0. The van der Waals surface area contributed by atoms with Crippen LogP contribution in [0.3, 0.4) is 0 Å². The van der Waals surface area contributed by atoms with Crippen LogP contribution in [-0.4, -0.2) is 0 Å². The van der Waals surface area contributed by atoms with Crippen molar-refractivity contribution in [2.45, 2.75) is 19.8 Å². The summed E-state index contributed by atoms with van der Waals surface area (Å²) in [6, 6.07) is 3.55. The molecule has 65 valence electrons. The van der Waals surface area contributed by atoms with Gasteiger partial charge in [0.15, 0.2) is 0 Å². The van der Waals surface area contributed by atoms with Gasteiger partial charge in [0.25, 0.3) is 0 Å². The molecule has 1 aromatic rings. The van der Waals surface area contributed by atoms with E-state index in [2.05, 4.69) is 0 Å². The highest BCUT2D eigenvalue weighted by molar-refractivity contribution is 5.18. The Hall–Kier alpha value is -0.920. The average Bonchev–Trinajstić information content (AvgIpc) is 2.07. The second-order valence-corrected chi connectivity index (χ2v) is 2.68. The van der Waals surface area contributed by atoms with Gasteiger partial charge in [-0.25, -0.2) is 8.78 Å². The van der Waals surface area contributed by atoms with Gasteiger partial charge in [-0.3, -0.25) is 0 Å². The van der Waals surface area contributed by atoms with Crippen molar-refractivity contribution in [3.8, 4) is 0 Å². The maximum absolute atomic E-state index is 12.9. The zero-order chi connectivity index (χ0) is 8.97. The van der Waals surface area contributed by atoms with Gasteiger partial charge in [-0.15, -0.1) is 0 Å². The van der Waals surface area contributed by atoms with Crippen molar-refractivity contribution in [1.82, 2.24) is 0 Å². The molecule has 0 aliphatic heterocycles. The van der Waals surface area contributed by atoms with Crippen LogP contribution in [0, 0.1) is 18.1 Å². The molecule has 0 aromatic heterocycles. The lowest BCUT2D eigenvalue weighted by molar-refractivity contribution is 0.584. The lowest BCUT2D eigenvalue weighted by atomic mass is 10.1. The third-order valence-corrected chi connectivity index (χ3v) is 1.71. The summed E-state index contributed by atoms with van der Waals surface area (Å²) >= 11 is 0. The standard InChI is InChI=1S/C10H11F2/c1-2-3-4-8-7-9(11)5-6-10(8)12/h2,5-7H,3-4H2,1H3. The molecule has 0 spiro atoms. The van der Waals surface area contributed by atoms with Gasteiger partial charge in [0.2, 0.25) is 0 Å². The minimum absolute atomic E-state index is 0.321. The fraction of sp³-hybridized carbons (Fsp3) is 0.300. The second-order valence-electron chi connectivity index (χ2n) is 2.68. The van der Waals surface area contributed by atoms with Crippen LogP contribution in [0.5, 0.6) is 0 Å². The van der Waals surface area contributed by atoms with Crippen LogP contribution in [0.25, 0.3) is 0 Å². The number of aryl methyl sites for hydroxylation is 1. The highest BCUT2D eigenvalue weighted by Crippen LogP contribution is 2.11. The zero-order valence-electron chi connectivity index (χ0n) is 6.98. The van der Waals surface area contributed by atoms with Gasteiger partial charge in [0.1, 0.15) is 11.6 Å². The average molecular weight is 169 g/mol. The van der Waals surface area contributed by atoms with Gasteiger partial charge < -0.3 is 0 Å². The molecule has 1 rings (SSSR count). The normalized spacial score (nSPS) is 10.2. The molecule has 12 heavy (non-hydrogen) atoms. The second kappa shape index (κ2) is 4.19. The first-order valence-corrected chi connectivity index (χ1v) is 3.96. The van der Waals surface area contributed by atoms with E-state index in [1.165, 1.54) is 12.1 Å². The summed E-state index contributed by atoms with van der Waals surface area (Å²) in [6.07, 6.45) is 3.28. The lowest BCUT2D eigenvalue weighted by Gasteiger charge is -2.00. The van der Waals surface area contributed by atoms with E-state index >= 15 is 0 Å². The monoisotopic (exact) mass is 169 g/mol. The Balaban J connectivity index is 2.75. The van der Waals surface area contributed by atoms with Gasteiger partial charge in [0, 0.05) is 0 Å². The smallest absolute Gasteiger partial charge is 0.126 e. The summed E-state index contributed by atoms with van der Waals surface area (Å²) in [7, 11) is 0. The summed E-state index contributed by atoms with van der Waals surface area (Å²) in [5.74, 6) is -0.694. The van der Waals surface area contributed by atoms with Crippen LogP contribution in [-0.2, 0) is 6.42 Å². The predicted molar refractivity (Wildman–Crippen MR) is 44.7 cm³/mol. The van der Waals surface area contributed by atoms with E-state index in [0.717, 1.165) is 12.5 Å². The Morgan fingerprint density at radius 2 is 2.08 bits per heavy atom. The van der Waals surface area contributed by atoms with E-state index in [1.807, 2.05) is 13.3 Å². The number of hydrogen-bond donors (Lipinski definition) is 0. The number of hydrogen-bond acceptors (Lipinski definition) is 0. The number of rotatable bonds is 3. The molecule has 0 saturated carbocycles. The molecule has 0 atom stereocenters. The highest BCUT2D eigenvalue weighted by Gasteiger charge is 2.02. The Morgan fingerprint density at radius 1 is 1.33 bits per heavy atom. The first-order valence-electron chi connectivity index (χ1n) is 3.96. The third kappa shape index (κ3) is 2.29. The third-order valence-electron chi connectivity index (χ3n) is 1.71. The van der Waals surface area contributed by atoms with Crippen molar-refractivity contribution in [2.24, 2.45) is 0 Å². The quantitative estimate of drug-likeness (QED) is 0.652. The minimum atomic E-state index is -0.373. The Morgan fingerprint density at radius 3 is 2.75 bits per heavy atom. The number of unbranched alkanes of at least 4 members (excludes halogenated alkanes) is 1. The molecule has 2 heteroatoms. The Kier molecular flexibility index (Phi) is 3.20. The van der Waals surface area contributed by atoms with Crippen molar-refractivity contribution in [3.63, 3.8) is 0 Å². The summed E-state index contributed by atoms with van der Waals surface area (Å²) in [6.45, 7) is 1.90. The van der Waals surface area contributed by atoms with Gasteiger partial charge >= 0.3 is 0 Å². The van der Waals surface area contributed by atoms with E-state index in [4.69, 9.17) is 0 Å². The van der Waals surface area contributed by atoms with Crippen LogP contribution in [0.4, 0.5) is 8.78 Å². The molecular weight excluding hydrogens is 158 g/mol. The van der Waals surface area contributed by atoms with Crippen LogP contribution in [0.2, 0.25) is 0 Å². The molecule has 0 amide bonds. The SMILES string of the molecule is C[CH]CCc1cc(F)ccc1F. The first kappa shape index (κ1) is 9.17. The first-order chi connectivity index (χ1) is 5.74. The molecule has 0 N–H and O–H groups in total. The molecule has 0 aliphatic carbocycles. The van der Waals surface area contributed by atoms with Gasteiger partial charge in [0.05, 0.1) is 0 Å². The van der Waals surface area contributed by atoms with E-state index in [0.29, 0.717) is 12.0 Å². The van der Waals surface area contributed by atoms with Crippen molar-refractivity contribution in [1.29, 1.82) is 0 Å². The van der Waals surface area contributed by atoms with Crippen molar-refractivity contribution in [2.75, 3.05) is 0 Å². The van der Waals surface area contributed by atoms with E-state index in [-0.39, 0.29) is 11.6 Å². The molecule has 0 nitrogen and oxygen atoms in total. The fourth-order valence-corrected chi connectivity index (χ4v) is 1.03. The number of benzene rings is 1. The molecule has 0 heterocycles. The summed E-state index contributed by atoms with van der Waals surface area (Å²) in [5.41, 5.74) is 0.452. The Labute approximate surface area is 71.2 Å². The maximum atomic E-state index is 12.9. The van der Waals surface area contributed by atoms with Crippen LogP contribution in [0.15, 0.2) is 18.2 Å². The van der Waals surface area contributed by atoms with Crippen molar-refractivity contribution in [3.05, 3.63) is 41.8 Å². The van der Waals surface area contributed by atoms with E-state index in [1.54, 1.807) is 0 Å². The predicted octanol–water partition coefficient (Wildman–Crippen LogP) is 3.12. The van der Waals surface area contributed by atoms with Crippen LogP contribution >= 0.6 is 0 Å². The number of halogens is 2. The van der Waals surface area contributed by atoms with Crippen LogP contribution in [0.1, 0.15) is 18.9 Å². The largest absolute Gasteiger partial charge is 0.207 e. The molecular formula is C10H11F2. The highest BCUT2D eigenvalue weighted by atomic mass is 19.1. The van der Waals surface area contributed by atoms with Gasteiger partial charge in [-0.2, -0.15) is 0 Å². The summed E-state index contributed by atoms with van der Waals surface area (Å²) < 4.78 is 25.5. The summed E-state index contributed by atoms with van der Waals surface area (Å²) in [4.78, 5) is 0. The molecule has 0 saturated heterocycles. The molecule has 0 aliphatic rings. The van der Waals surface area contributed by atoms with Crippen molar-refractivity contribution < 1.29 is 8.78 Å². The van der Waals surface area contributed by atoms with Gasteiger partial charge in [-0.05, 0) is 43.0 Å². The van der Waals surface area contributed by atoms with Crippen LogP contribution < -0.4 is 0 Å². The topological polar surface area (TPSA) is 0 Å². The molecule has 1 aromatic carbocycles. The fourth-order valence-electron chi connectivity index (χ4n) is 1.03.